The van der Waals surface area contributed by atoms with E-state index in [1.54, 1.807) is 13.0 Å². The zero-order valence-corrected chi connectivity index (χ0v) is 15.9. The Morgan fingerprint density at radius 1 is 1.30 bits per heavy atom. The summed E-state index contributed by atoms with van der Waals surface area (Å²) in [5.41, 5.74) is 1.04. The highest BCUT2D eigenvalue weighted by Crippen LogP contribution is 2.24. The summed E-state index contributed by atoms with van der Waals surface area (Å²) in [5, 5.41) is 0. The molecule has 0 bridgehead atoms. The van der Waals surface area contributed by atoms with Crippen molar-refractivity contribution in [1.82, 2.24) is 4.90 Å². The van der Waals surface area contributed by atoms with Gasteiger partial charge in [-0.05, 0) is 43.9 Å². The Balaban J connectivity index is 1.76. The fourth-order valence-electron chi connectivity index (χ4n) is 3.45. The summed E-state index contributed by atoms with van der Waals surface area (Å²) in [7, 11) is -3.01. The van der Waals surface area contributed by atoms with E-state index in [9.17, 15) is 22.0 Å². The zero-order valence-electron chi connectivity index (χ0n) is 15.1. The fourth-order valence-corrected chi connectivity index (χ4v) is 5.36. The quantitative estimate of drug-likeness (QED) is 0.742. The van der Waals surface area contributed by atoms with Crippen LogP contribution in [0.25, 0.3) is 0 Å². The lowest BCUT2D eigenvalue weighted by Gasteiger charge is -2.25. The average Bonchev–Trinajstić information content (AvgIpc) is 3.18. The number of halogens is 2. The third-order valence-electron chi connectivity index (χ3n) is 4.99. The van der Waals surface area contributed by atoms with Crippen LogP contribution >= 0.6 is 0 Å². The fraction of sp³-hybridized carbons (Fsp3) is 0.474. The van der Waals surface area contributed by atoms with Crippen molar-refractivity contribution in [3.63, 3.8) is 0 Å². The largest absolute Gasteiger partial charge is 0.334 e. The van der Waals surface area contributed by atoms with Crippen molar-refractivity contribution < 1.29 is 22.0 Å². The molecule has 2 aliphatic rings. The van der Waals surface area contributed by atoms with E-state index in [2.05, 4.69) is 4.99 Å². The van der Waals surface area contributed by atoms with Gasteiger partial charge in [0, 0.05) is 23.4 Å². The number of sulfone groups is 1. The molecule has 0 aromatic heterocycles. The maximum Gasteiger partial charge on any atom is 0.252 e. The molecule has 27 heavy (non-hydrogen) atoms. The minimum Gasteiger partial charge on any atom is -0.334 e. The molecule has 1 amide bonds. The van der Waals surface area contributed by atoms with Crippen LogP contribution in [0.5, 0.6) is 0 Å². The van der Waals surface area contributed by atoms with E-state index in [-0.39, 0.29) is 48.5 Å². The highest BCUT2D eigenvalue weighted by molar-refractivity contribution is 7.91. The van der Waals surface area contributed by atoms with Gasteiger partial charge < -0.3 is 4.90 Å². The van der Waals surface area contributed by atoms with E-state index in [0.717, 1.165) is 17.8 Å². The summed E-state index contributed by atoms with van der Waals surface area (Å²) < 4.78 is 51.4. The summed E-state index contributed by atoms with van der Waals surface area (Å²) in [6, 6.07) is 3.60. The predicted molar refractivity (Wildman–Crippen MR) is 99.2 cm³/mol. The molecule has 1 unspecified atom stereocenters. The Bertz CT molecular complexity index is 889. The van der Waals surface area contributed by atoms with Crippen molar-refractivity contribution in [3.8, 4) is 0 Å². The van der Waals surface area contributed by atoms with Crippen LogP contribution in [0.4, 0.5) is 8.78 Å². The molecule has 1 saturated heterocycles. The summed E-state index contributed by atoms with van der Waals surface area (Å²) in [5.74, 6) is -1.50. The molecule has 2 aliphatic heterocycles. The third-order valence-corrected chi connectivity index (χ3v) is 6.83. The summed E-state index contributed by atoms with van der Waals surface area (Å²) in [6.07, 6.45) is 2.71. The molecule has 8 heteroatoms. The van der Waals surface area contributed by atoms with Gasteiger partial charge in [-0.2, -0.15) is 0 Å². The summed E-state index contributed by atoms with van der Waals surface area (Å²) in [4.78, 5) is 18.4. The molecular weight excluding hydrogens is 374 g/mol. The number of benzene rings is 1. The number of nitrogens with zero attached hydrogens (tertiary/aromatic N) is 2. The van der Waals surface area contributed by atoms with Gasteiger partial charge in [0.25, 0.3) is 5.91 Å². The smallest absolute Gasteiger partial charge is 0.252 e. The Kier molecular flexibility index (Phi) is 5.74. The number of rotatable bonds is 6. The van der Waals surface area contributed by atoms with Crippen molar-refractivity contribution in [1.29, 1.82) is 0 Å². The molecule has 1 atom stereocenters. The Morgan fingerprint density at radius 2 is 2.00 bits per heavy atom. The van der Waals surface area contributed by atoms with E-state index in [4.69, 9.17) is 0 Å². The van der Waals surface area contributed by atoms with Gasteiger partial charge in [0.05, 0.1) is 24.6 Å². The molecule has 1 aromatic carbocycles. The van der Waals surface area contributed by atoms with E-state index in [1.165, 1.54) is 11.0 Å². The van der Waals surface area contributed by atoms with Crippen LogP contribution in [-0.4, -0.2) is 49.5 Å². The van der Waals surface area contributed by atoms with Crippen molar-refractivity contribution in [2.45, 2.75) is 26.3 Å². The lowest BCUT2D eigenvalue weighted by Crippen LogP contribution is -2.34. The maximum atomic E-state index is 14.1. The maximum absolute atomic E-state index is 14.1. The second kappa shape index (κ2) is 7.88. The standard InChI is InChI=1S/C19H22F2N2O3S/c1-13-9-15(10-22-13)19(24)23(7-5-14-6-8-27(25,26)12-14)11-16-17(20)3-2-4-18(16)21/h2-4,9,14H,5-8,10-12H2,1H3. The van der Waals surface area contributed by atoms with Gasteiger partial charge in [-0.3, -0.25) is 9.79 Å². The second-order valence-electron chi connectivity index (χ2n) is 7.11. The lowest BCUT2D eigenvalue weighted by molar-refractivity contribution is -0.128. The van der Waals surface area contributed by atoms with Gasteiger partial charge in [0.15, 0.2) is 9.84 Å². The van der Waals surface area contributed by atoms with E-state index in [1.807, 2.05) is 0 Å². The van der Waals surface area contributed by atoms with E-state index < -0.39 is 21.5 Å². The van der Waals surface area contributed by atoms with E-state index in [0.29, 0.717) is 18.4 Å². The van der Waals surface area contributed by atoms with Crippen LogP contribution in [0.1, 0.15) is 25.3 Å². The topological polar surface area (TPSA) is 66.8 Å². The minimum absolute atomic E-state index is 0.0358. The molecule has 0 aliphatic carbocycles. The van der Waals surface area contributed by atoms with Gasteiger partial charge in [-0.1, -0.05) is 6.07 Å². The SMILES string of the molecule is CC1=NCC(C(=O)N(CCC2CCS(=O)(=O)C2)Cc2c(F)cccc2F)=C1. The van der Waals surface area contributed by atoms with Gasteiger partial charge in [0.2, 0.25) is 0 Å². The highest BCUT2D eigenvalue weighted by Gasteiger charge is 2.29. The number of amides is 1. The molecule has 1 aromatic rings. The molecule has 1 fully saturated rings. The first kappa shape index (κ1) is 19.7. The van der Waals surface area contributed by atoms with Crippen LogP contribution < -0.4 is 0 Å². The molecule has 5 nitrogen and oxygen atoms in total. The average molecular weight is 396 g/mol. The Hall–Kier alpha value is -2.09. The Morgan fingerprint density at radius 3 is 2.56 bits per heavy atom. The molecular formula is C19H22F2N2O3S. The van der Waals surface area contributed by atoms with Crippen LogP contribution in [0, 0.1) is 17.6 Å². The molecule has 0 N–H and O–H groups in total. The number of allylic oxidation sites excluding steroid dienone is 1. The second-order valence-corrected chi connectivity index (χ2v) is 9.34. The first-order valence-electron chi connectivity index (χ1n) is 8.89. The minimum atomic E-state index is -3.01. The molecule has 3 rings (SSSR count). The van der Waals surface area contributed by atoms with Crippen LogP contribution in [-0.2, 0) is 21.2 Å². The molecule has 2 heterocycles. The molecule has 0 saturated carbocycles. The first-order valence-corrected chi connectivity index (χ1v) is 10.7. The monoisotopic (exact) mass is 396 g/mol. The van der Waals surface area contributed by atoms with Crippen LogP contribution in [0.3, 0.4) is 0 Å². The Labute approximate surface area is 157 Å². The van der Waals surface area contributed by atoms with Crippen LogP contribution in [0.15, 0.2) is 34.8 Å². The third kappa shape index (κ3) is 4.80. The number of hydrogen-bond acceptors (Lipinski definition) is 4. The summed E-state index contributed by atoms with van der Waals surface area (Å²) in [6.45, 7) is 2.07. The molecule has 0 spiro atoms. The molecule has 146 valence electrons. The number of aliphatic imine (C=N–C) groups is 1. The summed E-state index contributed by atoms with van der Waals surface area (Å²) >= 11 is 0. The van der Waals surface area contributed by atoms with Crippen LogP contribution in [0.2, 0.25) is 0 Å². The van der Waals surface area contributed by atoms with Gasteiger partial charge >= 0.3 is 0 Å². The normalized spacial score (nSPS) is 21.1. The van der Waals surface area contributed by atoms with Gasteiger partial charge in [0.1, 0.15) is 11.6 Å². The van der Waals surface area contributed by atoms with E-state index >= 15 is 0 Å². The molecule has 0 radical (unpaired) electrons. The lowest BCUT2D eigenvalue weighted by atomic mass is 10.0. The van der Waals surface area contributed by atoms with Crippen molar-refractivity contribution in [3.05, 3.63) is 47.0 Å². The predicted octanol–water partition coefficient (Wildman–Crippen LogP) is 2.52. The first-order chi connectivity index (χ1) is 12.7. The van der Waals surface area contributed by atoms with Gasteiger partial charge in [-0.25, -0.2) is 17.2 Å². The number of carbonyl (C=O) groups is 1. The highest BCUT2D eigenvalue weighted by atomic mass is 32.2. The van der Waals surface area contributed by atoms with Gasteiger partial charge in [-0.15, -0.1) is 0 Å². The zero-order chi connectivity index (χ0) is 19.6. The van der Waals surface area contributed by atoms with Crippen molar-refractivity contribution >= 4 is 21.5 Å². The number of carbonyl (C=O) groups excluding carboxylic acids is 1. The van der Waals surface area contributed by atoms with Crippen molar-refractivity contribution in [2.75, 3.05) is 24.6 Å². The van der Waals surface area contributed by atoms with Crippen molar-refractivity contribution in [2.24, 2.45) is 10.9 Å². The number of hydrogen-bond donors (Lipinski definition) is 0.